The van der Waals surface area contributed by atoms with E-state index in [4.69, 9.17) is 9.52 Å². The molecular weight excluding hydrogens is 246 g/mol. The summed E-state index contributed by atoms with van der Waals surface area (Å²) in [6.45, 7) is 2.29. The second kappa shape index (κ2) is 6.21. The first-order valence-corrected chi connectivity index (χ1v) is 6.82. The minimum atomic E-state index is -1.05. The van der Waals surface area contributed by atoms with Gasteiger partial charge < -0.3 is 19.9 Å². The number of aliphatic hydroxyl groups is 1. The molecule has 0 radical (unpaired) electrons. The second-order valence-corrected chi connectivity index (χ2v) is 5.19. The summed E-state index contributed by atoms with van der Waals surface area (Å²) in [7, 11) is 0. The van der Waals surface area contributed by atoms with E-state index in [0.29, 0.717) is 12.3 Å². The normalized spacial score (nSPS) is 24.1. The molecule has 0 aliphatic heterocycles. The molecule has 1 saturated carbocycles. The average molecular weight is 267 g/mol. The molecule has 1 aromatic heterocycles. The third-order valence-electron chi connectivity index (χ3n) is 3.77. The average Bonchev–Trinajstić information content (AvgIpc) is 2.61. The second-order valence-electron chi connectivity index (χ2n) is 5.19. The van der Waals surface area contributed by atoms with E-state index >= 15 is 0 Å². The van der Waals surface area contributed by atoms with Gasteiger partial charge in [0.1, 0.15) is 5.76 Å². The van der Waals surface area contributed by atoms with Gasteiger partial charge in [-0.25, -0.2) is 4.79 Å². The lowest BCUT2D eigenvalue weighted by atomic mass is 10.1. The maximum Gasteiger partial charge on any atom is 0.371 e. The van der Waals surface area contributed by atoms with Crippen LogP contribution in [0.4, 0.5) is 0 Å². The number of aromatic carboxylic acids is 1. The molecule has 2 rings (SSSR count). The Morgan fingerprint density at radius 1 is 1.42 bits per heavy atom. The quantitative estimate of drug-likeness (QED) is 0.727. The molecule has 2 atom stereocenters. The van der Waals surface area contributed by atoms with Crippen LogP contribution in [-0.4, -0.2) is 28.3 Å². The lowest BCUT2D eigenvalue weighted by Gasteiger charge is -2.21. The summed E-state index contributed by atoms with van der Waals surface area (Å²) in [4.78, 5) is 10.8. The molecule has 2 unspecified atom stereocenters. The third kappa shape index (κ3) is 3.58. The maximum absolute atomic E-state index is 10.8. The maximum atomic E-state index is 10.8. The molecule has 1 aliphatic rings. The van der Waals surface area contributed by atoms with Crippen LogP contribution in [0.5, 0.6) is 0 Å². The standard InChI is InChI=1S/C14H21NO4/c1-9-10(7-13(19-9)14(17)18)8-15-11-5-3-2-4-6-12(11)16/h7,11-12,15-16H,2-6,8H2,1H3,(H,17,18). The highest BCUT2D eigenvalue weighted by molar-refractivity contribution is 5.84. The molecule has 5 nitrogen and oxygen atoms in total. The molecule has 0 saturated heterocycles. The number of carboxylic acid groups (broad SMARTS) is 1. The SMILES string of the molecule is Cc1oc(C(=O)O)cc1CNC1CCCCCC1O. The van der Waals surface area contributed by atoms with Crippen molar-refractivity contribution in [2.24, 2.45) is 0 Å². The zero-order valence-electron chi connectivity index (χ0n) is 11.2. The molecule has 0 spiro atoms. The van der Waals surface area contributed by atoms with Crippen LogP contribution < -0.4 is 5.32 Å². The van der Waals surface area contributed by atoms with Crippen molar-refractivity contribution >= 4 is 5.97 Å². The van der Waals surface area contributed by atoms with E-state index < -0.39 is 5.97 Å². The summed E-state index contributed by atoms with van der Waals surface area (Å²) < 4.78 is 5.17. The molecule has 0 aromatic carbocycles. The van der Waals surface area contributed by atoms with Crippen molar-refractivity contribution < 1.29 is 19.4 Å². The van der Waals surface area contributed by atoms with Crippen molar-refractivity contribution in [3.8, 4) is 0 Å². The van der Waals surface area contributed by atoms with Crippen LogP contribution in [0, 0.1) is 6.92 Å². The Kier molecular flexibility index (Phi) is 4.61. The Bertz CT molecular complexity index is 441. The number of rotatable bonds is 4. The molecule has 1 aliphatic carbocycles. The van der Waals surface area contributed by atoms with E-state index in [1.54, 1.807) is 13.0 Å². The smallest absolute Gasteiger partial charge is 0.371 e. The molecule has 5 heteroatoms. The summed E-state index contributed by atoms with van der Waals surface area (Å²) in [6, 6.07) is 1.64. The van der Waals surface area contributed by atoms with Crippen LogP contribution in [0.1, 0.15) is 54.0 Å². The first kappa shape index (κ1) is 14.1. The lowest BCUT2D eigenvalue weighted by molar-refractivity contribution is 0.0661. The van der Waals surface area contributed by atoms with Crippen LogP contribution >= 0.6 is 0 Å². The minimum Gasteiger partial charge on any atom is -0.475 e. The van der Waals surface area contributed by atoms with Gasteiger partial charge in [-0.1, -0.05) is 19.3 Å². The van der Waals surface area contributed by atoms with Crippen molar-refractivity contribution in [2.45, 2.75) is 57.7 Å². The van der Waals surface area contributed by atoms with E-state index in [-0.39, 0.29) is 17.9 Å². The highest BCUT2D eigenvalue weighted by atomic mass is 16.4. The Labute approximate surface area is 112 Å². The molecule has 19 heavy (non-hydrogen) atoms. The largest absolute Gasteiger partial charge is 0.475 e. The van der Waals surface area contributed by atoms with Crippen LogP contribution in [0.2, 0.25) is 0 Å². The van der Waals surface area contributed by atoms with E-state index in [1.165, 1.54) is 6.42 Å². The number of carbonyl (C=O) groups is 1. The van der Waals surface area contributed by atoms with Crippen molar-refractivity contribution in [3.63, 3.8) is 0 Å². The van der Waals surface area contributed by atoms with E-state index in [0.717, 1.165) is 31.2 Å². The van der Waals surface area contributed by atoms with Gasteiger partial charge in [-0.05, 0) is 25.8 Å². The molecular formula is C14H21NO4. The Hall–Kier alpha value is -1.33. The number of aliphatic hydroxyl groups excluding tert-OH is 1. The van der Waals surface area contributed by atoms with Gasteiger partial charge in [-0.3, -0.25) is 0 Å². The molecule has 3 N–H and O–H groups in total. The van der Waals surface area contributed by atoms with Crippen molar-refractivity contribution in [2.75, 3.05) is 0 Å². The lowest BCUT2D eigenvalue weighted by Crippen LogP contribution is -2.38. The zero-order chi connectivity index (χ0) is 13.8. The third-order valence-corrected chi connectivity index (χ3v) is 3.77. The van der Waals surface area contributed by atoms with Gasteiger partial charge in [0.25, 0.3) is 0 Å². The number of aryl methyl sites for hydroxylation is 1. The van der Waals surface area contributed by atoms with Gasteiger partial charge in [0.15, 0.2) is 0 Å². The fourth-order valence-corrected chi connectivity index (χ4v) is 2.57. The summed E-state index contributed by atoms with van der Waals surface area (Å²) >= 11 is 0. The summed E-state index contributed by atoms with van der Waals surface area (Å²) in [5, 5.41) is 22.2. The number of nitrogens with one attached hydrogen (secondary N) is 1. The van der Waals surface area contributed by atoms with Gasteiger partial charge in [0, 0.05) is 18.2 Å². The van der Waals surface area contributed by atoms with Gasteiger partial charge in [-0.15, -0.1) is 0 Å². The van der Waals surface area contributed by atoms with Gasteiger partial charge in [0.05, 0.1) is 6.10 Å². The first-order valence-electron chi connectivity index (χ1n) is 6.82. The highest BCUT2D eigenvalue weighted by Crippen LogP contribution is 2.20. The number of hydrogen-bond donors (Lipinski definition) is 3. The molecule has 1 fully saturated rings. The predicted octanol–water partition coefficient (Wildman–Crippen LogP) is 2.07. The fraction of sp³-hybridized carbons (Fsp3) is 0.643. The van der Waals surface area contributed by atoms with E-state index in [2.05, 4.69) is 5.32 Å². The molecule has 0 bridgehead atoms. The Morgan fingerprint density at radius 2 is 2.16 bits per heavy atom. The summed E-state index contributed by atoms with van der Waals surface area (Å²) in [6.07, 6.45) is 4.86. The topological polar surface area (TPSA) is 82.7 Å². The van der Waals surface area contributed by atoms with Gasteiger partial charge in [0.2, 0.25) is 5.76 Å². The zero-order valence-corrected chi connectivity index (χ0v) is 11.2. The predicted molar refractivity (Wildman–Crippen MR) is 70.1 cm³/mol. The van der Waals surface area contributed by atoms with Crippen molar-refractivity contribution in [1.82, 2.24) is 5.32 Å². The minimum absolute atomic E-state index is 0.0317. The number of carboxylic acids is 1. The van der Waals surface area contributed by atoms with E-state index in [1.807, 2.05) is 0 Å². The fourth-order valence-electron chi connectivity index (χ4n) is 2.57. The Balaban J connectivity index is 1.95. The molecule has 0 amide bonds. The molecule has 106 valence electrons. The molecule has 1 heterocycles. The summed E-state index contributed by atoms with van der Waals surface area (Å²) in [5.74, 6) is -0.465. The monoisotopic (exact) mass is 267 g/mol. The number of hydrogen-bond acceptors (Lipinski definition) is 4. The Morgan fingerprint density at radius 3 is 2.84 bits per heavy atom. The van der Waals surface area contributed by atoms with Gasteiger partial charge >= 0.3 is 5.97 Å². The van der Waals surface area contributed by atoms with Crippen molar-refractivity contribution in [1.29, 1.82) is 0 Å². The van der Waals surface area contributed by atoms with Crippen LogP contribution in [0.25, 0.3) is 0 Å². The highest BCUT2D eigenvalue weighted by Gasteiger charge is 2.22. The summed E-state index contributed by atoms with van der Waals surface area (Å²) in [5.41, 5.74) is 0.842. The van der Waals surface area contributed by atoms with Gasteiger partial charge in [-0.2, -0.15) is 0 Å². The molecule has 1 aromatic rings. The van der Waals surface area contributed by atoms with Crippen molar-refractivity contribution in [3.05, 3.63) is 23.2 Å². The van der Waals surface area contributed by atoms with Crippen LogP contribution in [-0.2, 0) is 6.54 Å². The van der Waals surface area contributed by atoms with E-state index in [9.17, 15) is 9.90 Å². The van der Waals surface area contributed by atoms with Crippen LogP contribution in [0.3, 0.4) is 0 Å². The number of furan rings is 1. The first-order chi connectivity index (χ1) is 9.08. The van der Waals surface area contributed by atoms with Crippen LogP contribution in [0.15, 0.2) is 10.5 Å².